The molecule has 0 fully saturated rings. The number of rotatable bonds is 7. The van der Waals surface area contributed by atoms with Crippen LogP contribution in [0.2, 0.25) is 0 Å². The van der Waals surface area contributed by atoms with Crippen molar-refractivity contribution in [1.29, 1.82) is 0 Å². The highest BCUT2D eigenvalue weighted by Gasteiger charge is 2.30. The molecular formula is C20H23F3N2O3S. The summed E-state index contributed by atoms with van der Waals surface area (Å²) >= 11 is 0. The van der Waals surface area contributed by atoms with Crippen molar-refractivity contribution in [1.82, 2.24) is 9.62 Å². The number of hydrogen-bond donors (Lipinski definition) is 1. The molecule has 158 valence electrons. The van der Waals surface area contributed by atoms with E-state index in [2.05, 4.69) is 4.72 Å². The second-order valence-electron chi connectivity index (χ2n) is 6.86. The Morgan fingerprint density at radius 3 is 2.28 bits per heavy atom. The summed E-state index contributed by atoms with van der Waals surface area (Å²) < 4.78 is 65.1. The van der Waals surface area contributed by atoms with Crippen molar-refractivity contribution in [3.63, 3.8) is 0 Å². The lowest BCUT2D eigenvalue weighted by Crippen LogP contribution is -2.32. The Hall–Kier alpha value is -2.39. The second-order valence-corrected chi connectivity index (χ2v) is 8.60. The first kappa shape index (κ1) is 22.9. The average molecular weight is 428 g/mol. The molecule has 0 aliphatic rings. The van der Waals surface area contributed by atoms with Crippen LogP contribution in [-0.2, 0) is 27.5 Å². The van der Waals surface area contributed by atoms with Crippen molar-refractivity contribution in [3.05, 3.63) is 64.7 Å². The summed E-state index contributed by atoms with van der Waals surface area (Å²) in [5.74, 6) is -0.325. The van der Waals surface area contributed by atoms with Gasteiger partial charge in [0.15, 0.2) is 0 Å². The second kappa shape index (κ2) is 8.96. The molecule has 0 spiro atoms. The van der Waals surface area contributed by atoms with E-state index in [0.717, 1.165) is 17.7 Å². The van der Waals surface area contributed by atoms with Gasteiger partial charge in [-0.05, 0) is 48.7 Å². The molecule has 0 unspecified atom stereocenters. The Morgan fingerprint density at radius 2 is 1.69 bits per heavy atom. The molecule has 5 nitrogen and oxygen atoms in total. The third kappa shape index (κ3) is 6.30. The van der Waals surface area contributed by atoms with E-state index in [0.29, 0.717) is 11.1 Å². The van der Waals surface area contributed by atoms with Gasteiger partial charge in [-0.3, -0.25) is 4.79 Å². The van der Waals surface area contributed by atoms with Crippen LogP contribution in [0.15, 0.2) is 47.4 Å². The van der Waals surface area contributed by atoms with E-state index < -0.39 is 21.8 Å². The number of carbonyl (C=O) groups is 1. The van der Waals surface area contributed by atoms with Crippen molar-refractivity contribution in [2.45, 2.75) is 37.9 Å². The molecule has 9 heteroatoms. The highest BCUT2D eigenvalue weighted by Crippen LogP contribution is 2.29. The summed E-state index contributed by atoms with van der Waals surface area (Å²) in [6, 6.07) is 9.65. The molecule has 0 radical (unpaired) electrons. The Kier molecular flexibility index (Phi) is 7.07. The largest absolute Gasteiger partial charge is 0.416 e. The van der Waals surface area contributed by atoms with E-state index in [9.17, 15) is 26.4 Å². The monoisotopic (exact) mass is 428 g/mol. The van der Waals surface area contributed by atoms with Gasteiger partial charge in [0.25, 0.3) is 0 Å². The Labute approximate surface area is 168 Å². The van der Waals surface area contributed by atoms with E-state index in [1.54, 1.807) is 26.0 Å². The predicted molar refractivity (Wildman–Crippen MR) is 104 cm³/mol. The lowest BCUT2D eigenvalue weighted by molar-refractivity contribution is -0.137. The van der Waals surface area contributed by atoms with Crippen LogP contribution in [0.5, 0.6) is 0 Å². The highest BCUT2D eigenvalue weighted by atomic mass is 32.2. The fraction of sp³-hybridized carbons (Fsp3) is 0.350. The molecule has 0 bridgehead atoms. The zero-order valence-corrected chi connectivity index (χ0v) is 17.2. The third-order valence-electron chi connectivity index (χ3n) is 4.39. The van der Waals surface area contributed by atoms with Crippen molar-refractivity contribution in [2.75, 3.05) is 13.6 Å². The maximum Gasteiger partial charge on any atom is 0.416 e. The van der Waals surface area contributed by atoms with Crippen LogP contribution in [0.1, 0.15) is 28.7 Å². The van der Waals surface area contributed by atoms with Gasteiger partial charge in [-0.25, -0.2) is 13.1 Å². The smallest absolute Gasteiger partial charge is 0.341 e. The predicted octanol–water partition coefficient (Wildman–Crippen LogP) is 3.65. The summed E-state index contributed by atoms with van der Waals surface area (Å²) in [5, 5.41) is 0. The van der Waals surface area contributed by atoms with Crippen molar-refractivity contribution >= 4 is 15.9 Å². The molecule has 0 aliphatic heterocycles. The van der Waals surface area contributed by atoms with Gasteiger partial charge >= 0.3 is 6.18 Å². The van der Waals surface area contributed by atoms with Crippen LogP contribution in [0, 0.1) is 13.8 Å². The van der Waals surface area contributed by atoms with Crippen molar-refractivity contribution in [3.8, 4) is 0 Å². The van der Waals surface area contributed by atoms with Gasteiger partial charge in [-0.1, -0.05) is 24.3 Å². The summed E-state index contributed by atoms with van der Waals surface area (Å²) in [7, 11) is -2.23. The first-order chi connectivity index (χ1) is 13.4. The van der Waals surface area contributed by atoms with E-state index in [-0.39, 0.29) is 30.3 Å². The Bertz CT molecular complexity index is 971. The van der Waals surface area contributed by atoms with Crippen LogP contribution in [0.4, 0.5) is 13.2 Å². The lowest BCUT2D eigenvalue weighted by atomic mass is 10.1. The van der Waals surface area contributed by atoms with Gasteiger partial charge in [0, 0.05) is 26.6 Å². The van der Waals surface area contributed by atoms with Gasteiger partial charge in [-0.15, -0.1) is 0 Å². The summed E-state index contributed by atoms with van der Waals surface area (Å²) in [6.45, 7) is 3.53. The molecule has 1 N–H and O–H groups in total. The van der Waals surface area contributed by atoms with Gasteiger partial charge in [-0.2, -0.15) is 13.2 Å². The van der Waals surface area contributed by atoms with Crippen LogP contribution >= 0.6 is 0 Å². The van der Waals surface area contributed by atoms with Gasteiger partial charge in [0.05, 0.1) is 10.5 Å². The number of carbonyl (C=O) groups excluding carboxylic acids is 1. The standard InChI is InChI=1S/C20H23F3N2O3S/c1-14-4-5-15(2)18(12-14)29(27,28)24-11-10-19(26)25(3)13-16-6-8-17(9-7-16)20(21,22)23/h4-9,12,24H,10-11,13H2,1-3H3. The first-order valence-corrected chi connectivity index (χ1v) is 10.4. The molecule has 29 heavy (non-hydrogen) atoms. The van der Waals surface area contributed by atoms with Crippen LogP contribution in [0.3, 0.4) is 0 Å². The van der Waals surface area contributed by atoms with E-state index in [1.807, 2.05) is 6.07 Å². The average Bonchev–Trinajstić information content (AvgIpc) is 2.63. The fourth-order valence-corrected chi connectivity index (χ4v) is 4.08. The lowest BCUT2D eigenvalue weighted by Gasteiger charge is -2.18. The Balaban J connectivity index is 1.91. The Morgan fingerprint density at radius 1 is 1.07 bits per heavy atom. The zero-order valence-electron chi connectivity index (χ0n) is 16.4. The molecular weight excluding hydrogens is 405 g/mol. The fourth-order valence-electron chi connectivity index (χ4n) is 2.72. The minimum absolute atomic E-state index is 0.0682. The minimum Gasteiger partial charge on any atom is -0.341 e. The van der Waals surface area contributed by atoms with Crippen LogP contribution < -0.4 is 4.72 Å². The molecule has 0 saturated carbocycles. The van der Waals surface area contributed by atoms with Crippen LogP contribution in [-0.4, -0.2) is 32.8 Å². The van der Waals surface area contributed by atoms with Gasteiger partial charge < -0.3 is 4.90 Å². The van der Waals surface area contributed by atoms with Crippen molar-refractivity contribution < 1.29 is 26.4 Å². The van der Waals surface area contributed by atoms with E-state index >= 15 is 0 Å². The molecule has 0 aromatic heterocycles. The quantitative estimate of drug-likeness (QED) is 0.732. The summed E-state index contributed by atoms with van der Waals surface area (Å²) in [4.78, 5) is 13.7. The number of nitrogens with one attached hydrogen (secondary N) is 1. The number of amides is 1. The maximum atomic E-state index is 12.6. The summed E-state index contributed by atoms with van der Waals surface area (Å²) in [5.41, 5.74) is 1.21. The molecule has 0 atom stereocenters. The molecule has 2 aromatic carbocycles. The number of benzene rings is 2. The van der Waals surface area contributed by atoms with Gasteiger partial charge in [0.1, 0.15) is 0 Å². The van der Waals surface area contributed by atoms with Crippen molar-refractivity contribution in [2.24, 2.45) is 0 Å². The third-order valence-corrected chi connectivity index (χ3v) is 5.99. The maximum absolute atomic E-state index is 12.6. The minimum atomic E-state index is -4.41. The number of sulfonamides is 1. The number of aryl methyl sites for hydroxylation is 2. The number of nitrogens with zero attached hydrogens (tertiary/aromatic N) is 1. The van der Waals surface area contributed by atoms with Gasteiger partial charge in [0.2, 0.25) is 15.9 Å². The zero-order chi connectivity index (χ0) is 21.8. The highest BCUT2D eigenvalue weighted by molar-refractivity contribution is 7.89. The van der Waals surface area contributed by atoms with E-state index in [1.165, 1.54) is 24.1 Å². The molecule has 0 saturated heterocycles. The topological polar surface area (TPSA) is 66.5 Å². The molecule has 2 aromatic rings. The number of halogens is 3. The molecule has 2 rings (SSSR count). The molecule has 0 aliphatic carbocycles. The normalized spacial score (nSPS) is 12.1. The first-order valence-electron chi connectivity index (χ1n) is 8.87. The van der Waals surface area contributed by atoms with E-state index in [4.69, 9.17) is 0 Å². The SMILES string of the molecule is Cc1ccc(C)c(S(=O)(=O)NCCC(=O)N(C)Cc2ccc(C(F)(F)F)cc2)c1. The molecule has 0 heterocycles. The number of hydrogen-bond acceptors (Lipinski definition) is 3. The summed E-state index contributed by atoms with van der Waals surface area (Å²) in [6.07, 6.45) is -4.48. The molecule has 1 amide bonds. The van der Waals surface area contributed by atoms with Crippen LogP contribution in [0.25, 0.3) is 0 Å². The number of alkyl halides is 3.